The van der Waals surface area contributed by atoms with Crippen LogP contribution in [0, 0.1) is 0 Å². The first-order valence-corrected chi connectivity index (χ1v) is 6.16. The lowest BCUT2D eigenvalue weighted by atomic mass is 10.1. The van der Waals surface area contributed by atoms with Gasteiger partial charge in [0, 0.05) is 17.0 Å². The van der Waals surface area contributed by atoms with E-state index in [-0.39, 0.29) is 0 Å². The zero-order valence-corrected chi connectivity index (χ0v) is 10.6. The van der Waals surface area contributed by atoms with Gasteiger partial charge >= 0.3 is 0 Å². The summed E-state index contributed by atoms with van der Waals surface area (Å²) in [6, 6.07) is 18.2. The molecule has 0 saturated carbocycles. The summed E-state index contributed by atoms with van der Waals surface area (Å²) in [5.74, 6) is 0.792. The lowest BCUT2D eigenvalue weighted by molar-refractivity contribution is 0.100. The Morgan fingerprint density at radius 1 is 1.00 bits per heavy atom. The van der Waals surface area contributed by atoms with Crippen LogP contribution >= 0.6 is 0 Å². The number of para-hydroxylation sites is 1. The molecule has 4 heteroatoms. The van der Waals surface area contributed by atoms with Crippen molar-refractivity contribution in [2.45, 2.75) is 0 Å². The van der Waals surface area contributed by atoms with Gasteiger partial charge in [0.05, 0.1) is 5.52 Å². The maximum atomic E-state index is 11.1. The fourth-order valence-electron chi connectivity index (χ4n) is 1.93. The molecular formula is C16H12N2O2. The molecule has 1 aromatic heterocycles. The smallest absolute Gasteiger partial charge is 0.248 e. The third-order valence-corrected chi connectivity index (χ3v) is 2.91. The Kier molecular flexibility index (Phi) is 3.05. The van der Waals surface area contributed by atoms with Gasteiger partial charge in [0.15, 0.2) is 0 Å². The Hall–Kier alpha value is -2.88. The van der Waals surface area contributed by atoms with Gasteiger partial charge in [-0.15, -0.1) is 0 Å². The van der Waals surface area contributed by atoms with Gasteiger partial charge in [-0.05, 0) is 36.4 Å². The molecule has 0 aliphatic rings. The number of nitrogens with two attached hydrogens (primary N) is 1. The number of pyridine rings is 1. The van der Waals surface area contributed by atoms with Crippen LogP contribution in [-0.4, -0.2) is 10.9 Å². The molecule has 0 unspecified atom stereocenters. The predicted molar refractivity (Wildman–Crippen MR) is 76.8 cm³/mol. The number of benzene rings is 2. The maximum Gasteiger partial charge on any atom is 0.248 e. The van der Waals surface area contributed by atoms with E-state index in [0.717, 1.165) is 16.7 Å². The summed E-state index contributed by atoms with van der Waals surface area (Å²) in [4.78, 5) is 15.5. The highest BCUT2D eigenvalue weighted by atomic mass is 16.5. The Bertz CT molecular complexity index is 770. The van der Waals surface area contributed by atoms with Crippen LogP contribution in [0.15, 0.2) is 60.7 Å². The van der Waals surface area contributed by atoms with Gasteiger partial charge in [-0.3, -0.25) is 4.79 Å². The second kappa shape index (κ2) is 5.01. The molecule has 3 rings (SSSR count). The van der Waals surface area contributed by atoms with E-state index in [9.17, 15) is 4.79 Å². The quantitative estimate of drug-likeness (QED) is 0.790. The summed E-state index contributed by atoms with van der Waals surface area (Å²) in [6.07, 6.45) is 0. The number of fused-ring (bicyclic) bond motifs is 1. The Balaban J connectivity index is 1.95. The number of amides is 1. The SMILES string of the molecule is NC(=O)c1ccc2nc(Oc3ccccc3)ccc2c1. The van der Waals surface area contributed by atoms with Crippen LogP contribution in [0.3, 0.4) is 0 Å². The number of ether oxygens (including phenoxy) is 1. The number of rotatable bonds is 3. The van der Waals surface area contributed by atoms with Gasteiger partial charge < -0.3 is 10.5 Å². The van der Waals surface area contributed by atoms with Crippen molar-refractivity contribution in [3.63, 3.8) is 0 Å². The van der Waals surface area contributed by atoms with Crippen molar-refractivity contribution >= 4 is 16.8 Å². The van der Waals surface area contributed by atoms with E-state index in [1.165, 1.54) is 0 Å². The van der Waals surface area contributed by atoms with Gasteiger partial charge in [0.1, 0.15) is 5.75 Å². The van der Waals surface area contributed by atoms with Crippen LogP contribution in [-0.2, 0) is 0 Å². The minimum atomic E-state index is -0.448. The largest absolute Gasteiger partial charge is 0.439 e. The van der Waals surface area contributed by atoms with Gasteiger partial charge in [-0.2, -0.15) is 0 Å². The molecule has 3 aromatic rings. The van der Waals surface area contributed by atoms with Crippen molar-refractivity contribution in [2.24, 2.45) is 5.73 Å². The molecule has 2 aromatic carbocycles. The van der Waals surface area contributed by atoms with Crippen molar-refractivity contribution in [1.82, 2.24) is 4.98 Å². The highest BCUT2D eigenvalue weighted by Crippen LogP contribution is 2.22. The van der Waals surface area contributed by atoms with E-state index < -0.39 is 5.91 Å². The zero-order valence-electron chi connectivity index (χ0n) is 10.6. The summed E-state index contributed by atoms with van der Waals surface area (Å²) < 4.78 is 5.66. The Morgan fingerprint density at radius 3 is 2.55 bits per heavy atom. The number of hydrogen-bond donors (Lipinski definition) is 1. The molecule has 0 saturated heterocycles. The molecule has 0 bridgehead atoms. The number of carbonyl (C=O) groups excluding carboxylic acids is 1. The van der Waals surface area contributed by atoms with Crippen molar-refractivity contribution < 1.29 is 9.53 Å². The second-order valence-corrected chi connectivity index (χ2v) is 4.34. The van der Waals surface area contributed by atoms with Gasteiger partial charge in [-0.1, -0.05) is 18.2 Å². The molecular weight excluding hydrogens is 252 g/mol. The summed E-state index contributed by atoms with van der Waals surface area (Å²) in [7, 11) is 0. The summed E-state index contributed by atoms with van der Waals surface area (Å²) >= 11 is 0. The summed E-state index contributed by atoms with van der Waals surface area (Å²) in [5, 5.41) is 0.849. The molecule has 0 aliphatic heterocycles. The molecule has 0 radical (unpaired) electrons. The van der Waals surface area contributed by atoms with Crippen molar-refractivity contribution in [3.05, 3.63) is 66.2 Å². The molecule has 0 fully saturated rings. The highest BCUT2D eigenvalue weighted by molar-refractivity contribution is 5.96. The lowest BCUT2D eigenvalue weighted by Gasteiger charge is -2.06. The molecule has 4 nitrogen and oxygen atoms in total. The third kappa shape index (κ3) is 2.44. The molecule has 98 valence electrons. The molecule has 2 N–H and O–H groups in total. The number of primary amides is 1. The zero-order chi connectivity index (χ0) is 13.9. The molecule has 0 spiro atoms. The molecule has 1 amide bonds. The van der Waals surface area contributed by atoms with Gasteiger partial charge in [0.25, 0.3) is 0 Å². The molecule has 20 heavy (non-hydrogen) atoms. The number of carbonyl (C=O) groups is 1. The summed E-state index contributed by atoms with van der Waals surface area (Å²) in [5.41, 5.74) is 6.47. The average molecular weight is 264 g/mol. The van der Waals surface area contributed by atoms with Crippen molar-refractivity contribution in [3.8, 4) is 11.6 Å². The van der Waals surface area contributed by atoms with Crippen LogP contribution in [0.25, 0.3) is 10.9 Å². The van der Waals surface area contributed by atoms with Crippen LogP contribution < -0.4 is 10.5 Å². The number of hydrogen-bond acceptors (Lipinski definition) is 3. The Morgan fingerprint density at radius 2 is 1.80 bits per heavy atom. The van der Waals surface area contributed by atoms with Crippen LogP contribution in [0.1, 0.15) is 10.4 Å². The van der Waals surface area contributed by atoms with Gasteiger partial charge in [0.2, 0.25) is 11.8 Å². The Labute approximate surface area is 115 Å². The molecule has 1 heterocycles. The fourth-order valence-corrected chi connectivity index (χ4v) is 1.93. The monoisotopic (exact) mass is 264 g/mol. The minimum Gasteiger partial charge on any atom is -0.439 e. The molecule has 0 aliphatic carbocycles. The highest BCUT2D eigenvalue weighted by Gasteiger charge is 2.04. The first-order chi connectivity index (χ1) is 9.72. The van der Waals surface area contributed by atoms with Crippen LogP contribution in [0.5, 0.6) is 11.6 Å². The van der Waals surface area contributed by atoms with E-state index in [4.69, 9.17) is 10.5 Å². The fraction of sp³-hybridized carbons (Fsp3) is 0. The summed E-state index contributed by atoms with van der Waals surface area (Å²) in [6.45, 7) is 0. The second-order valence-electron chi connectivity index (χ2n) is 4.34. The van der Waals surface area contributed by atoms with E-state index in [1.54, 1.807) is 24.3 Å². The van der Waals surface area contributed by atoms with Crippen molar-refractivity contribution in [2.75, 3.05) is 0 Å². The standard InChI is InChI=1S/C16H12N2O2/c17-16(19)12-6-8-14-11(10-12)7-9-15(18-14)20-13-4-2-1-3-5-13/h1-10H,(H2,17,19). The first kappa shape index (κ1) is 12.2. The first-order valence-electron chi connectivity index (χ1n) is 6.16. The number of nitrogens with zero attached hydrogens (tertiary/aromatic N) is 1. The van der Waals surface area contributed by atoms with Crippen LogP contribution in [0.4, 0.5) is 0 Å². The van der Waals surface area contributed by atoms with E-state index >= 15 is 0 Å². The van der Waals surface area contributed by atoms with E-state index in [2.05, 4.69) is 4.98 Å². The van der Waals surface area contributed by atoms with E-state index in [1.807, 2.05) is 36.4 Å². The molecule has 0 atom stereocenters. The predicted octanol–water partition coefficient (Wildman–Crippen LogP) is 3.13. The number of aromatic nitrogens is 1. The van der Waals surface area contributed by atoms with Crippen molar-refractivity contribution in [1.29, 1.82) is 0 Å². The average Bonchev–Trinajstić information content (AvgIpc) is 2.47. The minimum absolute atomic E-state index is 0.448. The van der Waals surface area contributed by atoms with Gasteiger partial charge in [-0.25, -0.2) is 4.98 Å². The maximum absolute atomic E-state index is 11.1. The normalized spacial score (nSPS) is 10.4. The third-order valence-electron chi connectivity index (χ3n) is 2.91. The lowest BCUT2D eigenvalue weighted by Crippen LogP contribution is -2.10. The topological polar surface area (TPSA) is 65.2 Å². The van der Waals surface area contributed by atoms with Crippen LogP contribution in [0.2, 0.25) is 0 Å². The van der Waals surface area contributed by atoms with E-state index in [0.29, 0.717) is 11.4 Å².